The summed E-state index contributed by atoms with van der Waals surface area (Å²) >= 11 is 5.13. The predicted molar refractivity (Wildman–Crippen MR) is 94.6 cm³/mol. The molecule has 0 amide bonds. The first-order valence-electron chi connectivity index (χ1n) is 7.08. The van der Waals surface area contributed by atoms with E-state index in [1.54, 1.807) is 11.8 Å². The summed E-state index contributed by atoms with van der Waals surface area (Å²) in [7, 11) is 0. The Balaban J connectivity index is 2.28. The number of rotatable bonds is 6. The number of nitrogens with zero attached hydrogens (tertiary/aromatic N) is 1. The molecule has 0 aliphatic carbocycles. The standard InChI is InChI=1S/C17H19BrN2OS/c1-11(2)10-21-16-9-17(12(3)8-15(16)20-19)22-14-6-4-13(18)5-7-14/h4-9,11,19H,10H2,1-3H3. The van der Waals surface area contributed by atoms with Crippen molar-refractivity contribution in [3.8, 4) is 5.75 Å². The second-order valence-electron chi connectivity index (χ2n) is 5.46. The van der Waals surface area contributed by atoms with Gasteiger partial charge in [0, 0.05) is 14.3 Å². The maximum absolute atomic E-state index is 7.32. The number of ether oxygens (including phenoxy) is 1. The van der Waals surface area contributed by atoms with Crippen LogP contribution in [0.3, 0.4) is 0 Å². The molecule has 116 valence electrons. The molecular formula is C17H19BrN2OS. The Labute approximate surface area is 144 Å². The van der Waals surface area contributed by atoms with Gasteiger partial charge in [0.15, 0.2) is 0 Å². The smallest absolute Gasteiger partial charge is 0.147 e. The lowest BCUT2D eigenvalue weighted by atomic mass is 10.2. The molecule has 2 aromatic rings. The van der Waals surface area contributed by atoms with Gasteiger partial charge < -0.3 is 4.74 Å². The van der Waals surface area contributed by atoms with Crippen LogP contribution in [0.25, 0.3) is 0 Å². The number of hydrogen-bond acceptors (Lipinski definition) is 4. The van der Waals surface area contributed by atoms with E-state index in [4.69, 9.17) is 10.3 Å². The van der Waals surface area contributed by atoms with Gasteiger partial charge in [-0.3, -0.25) is 0 Å². The Morgan fingerprint density at radius 2 is 1.91 bits per heavy atom. The van der Waals surface area contributed by atoms with Crippen LogP contribution in [0.4, 0.5) is 5.69 Å². The normalized spacial score (nSPS) is 10.8. The average Bonchev–Trinajstić information content (AvgIpc) is 2.49. The highest BCUT2D eigenvalue weighted by Crippen LogP contribution is 2.38. The number of aryl methyl sites for hydroxylation is 1. The molecule has 2 rings (SSSR count). The van der Waals surface area contributed by atoms with Crippen LogP contribution in [0.5, 0.6) is 5.75 Å². The van der Waals surface area contributed by atoms with E-state index in [9.17, 15) is 0 Å². The number of nitrogens with one attached hydrogen (secondary N) is 1. The lowest BCUT2D eigenvalue weighted by Gasteiger charge is -2.14. The van der Waals surface area contributed by atoms with Gasteiger partial charge in [-0.1, -0.05) is 41.5 Å². The zero-order valence-electron chi connectivity index (χ0n) is 12.9. The Bertz CT molecular complexity index is 656. The van der Waals surface area contributed by atoms with Gasteiger partial charge in [0.2, 0.25) is 0 Å². The molecular weight excluding hydrogens is 360 g/mol. The molecule has 0 aromatic heterocycles. The summed E-state index contributed by atoms with van der Waals surface area (Å²) < 4.78 is 6.87. The summed E-state index contributed by atoms with van der Waals surface area (Å²) in [5.74, 6) is 1.11. The highest BCUT2D eigenvalue weighted by atomic mass is 79.9. The van der Waals surface area contributed by atoms with Gasteiger partial charge in [0.25, 0.3) is 0 Å². The van der Waals surface area contributed by atoms with E-state index in [0.717, 1.165) is 19.8 Å². The molecule has 0 saturated heterocycles. The van der Waals surface area contributed by atoms with Crippen molar-refractivity contribution in [2.24, 2.45) is 11.0 Å². The average molecular weight is 379 g/mol. The van der Waals surface area contributed by atoms with Gasteiger partial charge in [-0.05, 0) is 54.8 Å². The minimum Gasteiger partial charge on any atom is -0.491 e. The molecule has 22 heavy (non-hydrogen) atoms. The van der Waals surface area contributed by atoms with Crippen LogP contribution in [0.15, 0.2) is 55.8 Å². The summed E-state index contributed by atoms with van der Waals surface area (Å²) in [5.41, 5.74) is 8.99. The third kappa shape index (κ3) is 4.58. The molecule has 2 aromatic carbocycles. The SMILES string of the molecule is Cc1cc(N=N)c(OCC(C)C)cc1Sc1ccc(Br)cc1. The molecule has 0 saturated carbocycles. The van der Waals surface area contributed by atoms with Gasteiger partial charge >= 0.3 is 0 Å². The molecule has 0 fully saturated rings. The second-order valence-corrected chi connectivity index (χ2v) is 7.49. The van der Waals surface area contributed by atoms with Crippen molar-refractivity contribution >= 4 is 33.4 Å². The van der Waals surface area contributed by atoms with Crippen molar-refractivity contribution in [2.45, 2.75) is 30.6 Å². The molecule has 0 unspecified atom stereocenters. The highest BCUT2D eigenvalue weighted by Gasteiger charge is 2.10. The van der Waals surface area contributed by atoms with Crippen LogP contribution in [0.1, 0.15) is 19.4 Å². The fourth-order valence-electron chi connectivity index (χ4n) is 1.85. The first kappa shape index (κ1) is 17.0. The Morgan fingerprint density at radius 1 is 1.23 bits per heavy atom. The van der Waals surface area contributed by atoms with E-state index in [1.165, 1.54) is 0 Å². The Kier molecular flexibility index (Phi) is 6.03. The van der Waals surface area contributed by atoms with Crippen LogP contribution in [0.2, 0.25) is 0 Å². The van der Waals surface area contributed by atoms with Crippen LogP contribution < -0.4 is 4.74 Å². The molecule has 1 N–H and O–H groups in total. The van der Waals surface area contributed by atoms with Gasteiger partial charge in [0.05, 0.1) is 6.61 Å². The molecule has 0 aliphatic heterocycles. The van der Waals surface area contributed by atoms with Gasteiger partial charge in [-0.15, -0.1) is 0 Å². The van der Waals surface area contributed by atoms with E-state index in [2.05, 4.69) is 47.0 Å². The van der Waals surface area contributed by atoms with Crippen LogP contribution in [-0.2, 0) is 0 Å². The molecule has 0 atom stereocenters. The lowest BCUT2D eigenvalue weighted by Crippen LogP contribution is -2.04. The van der Waals surface area contributed by atoms with Gasteiger partial charge in [-0.2, -0.15) is 5.11 Å². The first-order valence-corrected chi connectivity index (χ1v) is 8.69. The monoisotopic (exact) mass is 378 g/mol. The van der Waals surface area contributed by atoms with Crippen LogP contribution in [-0.4, -0.2) is 6.61 Å². The van der Waals surface area contributed by atoms with Crippen molar-refractivity contribution in [3.05, 3.63) is 46.4 Å². The van der Waals surface area contributed by atoms with Crippen molar-refractivity contribution in [1.29, 1.82) is 5.53 Å². The molecule has 0 spiro atoms. The number of halogens is 1. The van der Waals surface area contributed by atoms with E-state index < -0.39 is 0 Å². The first-order chi connectivity index (χ1) is 10.5. The number of hydrogen-bond donors (Lipinski definition) is 1. The topological polar surface area (TPSA) is 45.4 Å². The molecule has 5 heteroatoms. The van der Waals surface area contributed by atoms with Crippen molar-refractivity contribution in [1.82, 2.24) is 0 Å². The molecule has 0 heterocycles. The summed E-state index contributed by atoms with van der Waals surface area (Å²) in [6.07, 6.45) is 0. The van der Waals surface area contributed by atoms with Crippen LogP contribution in [0, 0.1) is 18.4 Å². The summed E-state index contributed by atoms with van der Waals surface area (Å²) in [6, 6.07) is 12.1. The van der Waals surface area contributed by atoms with Gasteiger partial charge in [-0.25, -0.2) is 5.53 Å². The van der Waals surface area contributed by atoms with E-state index in [-0.39, 0.29) is 0 Å². The Hall–Kier alpha value is -1.33. The third-order valence-corrected chi connectivity index (χ3v) is 4.69. The van der Waals surface area contributed by atoms with E-state index in [1.807, 2.05) is 31.2 Å². The minimum absolute atomic E-state index is 0.433. The maximum atomic E-state index is 7.32. The summed E-state index contributed by atoms with van der Waals surface area (Å²) in [5, 5.41) is 3.58. The summed E-state index contributed by atoms with van der Waals surface area (Å²) in [6.45, 7) is 6.85. The minimum atomic E-state index is 0.433. The van der Waals surface area contributed by atoms with Crippen molar-refractivity contribution < 1.29 is 4.74 Å². The highest BCUT2D eigenvalue weighted by molar-refractivity contribution is 9.10. The molecule has 0 bridgehead atoms. The fraction of sp³-hybridized carbons (Fsp3) is 0.294. The zero-order chi connectivity index (χ0) is 16.1. The lowest BCUT2D eigenvalue weighted by molar-refractivity contribution is 0.271. The molecule has 0 radical (unpaired) electrons. The third-order valence-electron chi connectivity index (χ3n) is 2.99. The molecule has 0 aliphatic rings. The van der Waals surface area contributed by atoms with Crippen molar-refractivity contribution in [2.75, 3.05) is 6.61 Å². The predicted octanol–water partition coefficient (Wildman–Crippen LogP) is 6.61. The van der Waals surface area contributed by atoms with E-state index in [0.29, 0.717) is 24.0 Å². The summed E-state index contributed by atoms with van der Waals surface area (Å²) in [4.78, 5) is 2.28. The second kappa shape index (κ2) is 7.79. The van der Waals surface area contributed by atoms with Crippen LogP contribution >= 0.6 is 27.7 Å². The maximum Gasteiger partial charge on any atom is 0.147 e. The quantitative estimate of drug-likeness (QED) is 0.574. The fourth-order valence-corrected chi connectivity index (χ4v) is 3.03. The van der Waals surface area contributed by atoms with E-state index >= 15 is 0 Å². The van der Waals surface area contributed by atoms with Crippen molar-refractivity contribution in [3.63, 3.8) is 0 Å². The Morgan fingerprint density at radius 3 is 2.50 bits per heavy atom. The zero-order valence-corrected chi connectivity index (χ0v) is 15.3. The van der Waals surface area contributed by atoms with Gasteiger partial charge in [0.1, 0.15) is 11.4 Å². The number of benzene rings is 2. The largest absolute Gasteiger partial charge is 0.491 e. The molecule has 3 nitrogen and oxygen atoms in total.